The number of benzene rings is 1. The molecule has 3 heteroatoms. The molecule has 1 aliphatic heterocycles. The fourth-order valence-corrected chi connectivity index (χ4v) is 3.01. The van der Waals surface area contributed by atoms with Crippen LogP contribution in [-0.4, -0.2) is 16.5 Å². The molecule has 0 unspecified atom stereocenters. The summed E-state index contributed by atoms with van der Waals surface area (Å²) < 4.78 is 0. The number of thioether (sulfide) groups is 1. The Kier molecular flexibility index (Phi) is 2.33. The van der Waals surface area contributed by atoms with Crippen molar-refractivity contribution in [1.29, 1.82) is 0 Å². The monoisotopic (exact) mass is 229 g/mol. The number of ketones is 1. The van der Waals surface area contributed by atoms with Crippen LogP contribution < -0.4 is 0 Å². The largest absolute Gasteiger partial charge is 0.361 e. The predicted octanol–water partition coefficient (Wildman–Crippen LogP) is 3.21. The molecular weight excluding hydrogens is 218 g/mol. The molecule has 0 fully saturated rings. The summed E-state index contributed by atoms with van der Waals surface area (Å²) in [6.07, 6.45) is 4.42. The standard InChI is InChI=1S/C13H11NOS/c15-9-5-6-16-13(7-9)11-8-14-12-4-2-1-3-10(11)12/h1-4,7-8,14H,5-6H2. The van der Waals surface area contributed by atoms with E-state index in [2.05, 4.69) is 17.1 Å². The van der Waals surface area contributed by atoms with Gasteiger partial charge in [0.2, 0.25) is 0 Å². The summed E-state index contributed by atoms with van der Waals surface area (Å²) in [7, 11) is 0. The number of rotatable bonds is 1. The van der Waals surface area contributed by atoms with Crippen molar-refractivity contribution in [1.82, 2.24) is 4.98 Å². The van der Waals surface area contributed by atoms with Crippen molar-refractivity contribution in [2.24, 2.45) is 0 Å². The van der Waals surface area contributed by atoms with Gasteiger partial charge < -0.3 is 4.98 Å². The summed E-state index contributed by atoms with van der Waals surface area (Å²) in [6, 6.07) is 8.17. The van der Waals surface area contributed by atoms with Gasteiger partial charge in [-0.2, -0.15) is 0 Å². The van der Waals surface area contributed by atoms with E-state index in [1.165, 1.54) is 5.39 Å². The molecule has 0 atom stereocenters. The highest BCUT2D eigenvalue weighted by Crippen LogP contribution is 2.35. The first kappa shape index (κ1) is 9.73. The number of fused-ring (bicyclic) bond motifs is 1. The Morgan fingerprint density at radius 2 is 2.12 bits per heavy atom. The fourth-order valence-electron chi connectivity index (χ4n) is 1.95. The first-order valence-electron chi connectivity index (χ1n) is 5.28. The Morgan fingerprint density at radius 3 is 3.00 bits per heavy atom. The maximum absolute atomic E-state index is 11.4. The van der Waals surface area contributed by atoms with E-state index >= 15 is 0 Å². The minimum absolute atomic E-state index is 0.235. The molecule has 0 bridgehead atoms. The summed E-state index contributed by atoms with van der Waals surface area (Å²) >= 11 is 1.76. The number of hydrogen-bond acceptors (Lipinski definition) is 2. The lowest BCUT2D eigenvalue weighted by Gasteiger charge is -2.10. The number of nitrogens with one attached hydrogen (secondary N) is 1. The molecule has 0 spiro atoms. The second kappa shape index (κ2) is 3.83. The van der Waals surface area contributed by atoms with Crippen LogP contribution >= 0.6 is 11.8 Å². The number of carbonyl (C=O) groups excluding carboxylic acids is 1. The summed E-state index contributed by atoms with van der Waals surface area (Å²) in [6.45, 7) is 0. The lowest BCUT2D eigenvalue weighted by atomic mass is 10.1. The first-order chi connectivity index (χ1) is 7.84. The summed E-state index contributed by atoms with van der Waals surface area (Å²) in [5, 5.41) is 1.19. The molecule has 16 heavy (non-hydrogen) atoms. The second-order valence-corrected chi connectivity index (χ2v) is 4.96. The molecule has 1 aromatic heterocycles. The maximum atomic E-state index is 11.4. The zero-order valence-electron chi connectivity index (χ0n) is 8.69. The first-order valence-corrected chi connectivity index (χ1v) is 6.27. The molecule has 2 nitrogen and oxygen atoms in total. The normalized spacial score (nSPS) is 16.5. The topological polar surface area (TPSA) is 32.9 Å². The molecule has 1 aromatic carbocycles. The highest BCUT2D eigenvalue weighted by molar-refractivity contribution is 8.08. The van der Waals surface area contributed by atoms with Crippen LogP contribution in [-0.2, 0) is 4.79 Å². The molecule has 0 radical (unpaired) electrons. The zero-order chi connectivity index (χ0) is 11.0. The van der Waals surface area contributed by atoms with E-state index in [0.717, 1.165) is 21.7 Å². The van der Waals surface area contributed by atoms with E-state index < -0.39 is 0 Å². The van der Waals surface area contributed by atoms with Crippen molar-refractivity contribution in [3.05, 3.63) is 42.1 Å². The van der Waals surface area contributed by atoms with Crippen LogP contribution in [0.4, 0.5) is 0 Å². The van der Waals surface area contributed by atoms with Crippen molar-refractivity contribution in [3.63, 3.8) is 0 Å². The van der Waals surface area contributed by atoms with Gasteiger partial charge in [-0.25, -0.2) is 0 Å². The average molecular weight is 229 g/mol. The Morgan fingerprint density at radius 1 is 1.25 bits per heavy atom. The Labute approximate surface area is 97.7 Å². The molecule has 0 aliphatic carbocycles. The number of aromatic amines is 1. The molecule has 2 aromatic rings. The summed E-state index contributed by atoms with van der Waals surface area (Å²) in [5.74, 6) is 1.13. The number of allylic oxidation sites excluding steroid dienone is 1. The molecule has 0 saturated carbocycles. The Bertz CT molecular complexity index is 582. The van der Waals surface area contributed by atoms with Crippen LogP contribution in [0.15, 0.2) is 36.5 Å². The van der Waals surface area contributed by atoms with Crippen molar-refractivity contribution in [2.75, 3.05) is 5.75 Å². The maximum Gasteiger partial charge on any atom is 0.157 e. The molecular formula is C13H11NOS. The van der Waals surface area contributed by atoms with Crippen LogP contribution in [0.1, 0.15) is 12.0 Å². The van der Waals surface area contributed by atoms with Crippen molar-refractivity contribution in [2.45, 2.75) is 6.42 Å². The average Bonchev–Trinajstić information content (AvgIpc) is 2.72. The molecule has 80 valence electrons. The van der Waals surface area contributed by atoms with Gasteiger partial charge in [-0.3, -0.25) is 4.79 Å². The van der Waals surface area contributed by atoms with E-state index in [0.29, 0.717) is 6.42 Å². The van der Waals surface area contributed by atoms with Gasteiger partial charge in [0.25, 0.3) is 0 Å². The molecule has 0 saturated heterocycles. The van der Waals surface area contributed by atoms with Gasteiger partial charge in [0.05, 0.1) is 0 Å². The van der Waals surface area contributed by atoms with E-state index in [1.54, 1.807) is 17.8 Å². The van der Waals surface area contributed by atoms with Gasteiger partial charge in [0.15, 0.2) is 5.78 Å². The minimum Gasteiger partial charge on any atom is -0.361 e. The van der Waals surface area contributed by atoms with E-state index in [4.69, 9.17) is 0 Å². The zero-order valence-corrected chi connectivity index (χ0v) is 9.51. The highest BCUT2D eigenvalue weighted by atomic mass is 32.2. The lowest BCUT2D eigenvalue weighted by molar-refractivity contribution is -0.114. The Hall–Kier alpha value is -1.48. The third kappa shape index (κ3) is 1.57. The number of carbonyl (C=O) groups is 1. The van der Waals surface area contributed by atoms with Gasteiger partial charge in [-0.05, 0) is 12.1 Å². The number of hydrogen-bond donors (Lipinski definition) is 1. The fraction of sp³-hybridized carbons (Fsp3) is 0.154. The molecule has 1 N–H and O–H groups in total. The van der Waals surface area contributed by atoms with Crippen LogP contribution in [0, 0.1) is 0 Å². The molecule has 2 heterocycles. The van der Waals surface area contributed by atoms with Gasteiger partial charge in [-0.1, -0.05) is 18.2 Å². The molecule has 0 amide bonds. The molecule has 1 aliphatic rings. The second-order valence-electron chi connectivity index (χ2n) is 3.82. The van der Waals surface area contributed by atoms with Crippen LogP contribution in [0.5, 0.6) is 0 Å². The quantitative estimate of drug-likeness (QED) is 0.814. The minimum atomic E-state index is 0.235. The van der Waals surface area contributed by atoms with Gasteiger partial charge in [-0.15, -0.1) is 11.8 Å². The smallest absolute Gasteiger partial charge is 0.157 e. The van der Waals surface area contributed by atoms with Crippen molar-refractivity contribution >= 4 is 33.4 Å². The summed E-state index contributed by atoms with van der Waals surface area (Å²) in [4.78, 5) is 15.7. The van der Waals surface area contributed by atoms with Crippen LogP contribution in [0.3, 0.4) is 0 Å². The van der Waals surface area contributed by atoms with E-state index in [1.807, 2.05) is 18.3 Å². The van der Waals surface area contributed by atoms with E-state index in [9.17, 15) is 4.79 Å². The van der Waals surface area contributed by atoms with Crippen molar-refractivity contribution < 1.29 is 4.79 Å². The van der Waals surface area contributed by atoms with Gasteiger partial charge in [0, 0.05) is 39.7 Å². The van der Waals surface area contributed by atoms with E-state index in [-0.39, 0.29) is 5.78 Å². The number of aromatic nitrogens is 1. The SMILES string of the molecule is O=C1C=C(c2c[nH]c3ccccc23)SCC1. The van der Waals surface area contributed by atoms with Gasteiger partial charge >= 0.3 is 0 Å². The third-order valence-electron chi connectivity index (χ3n) is 2.75. The number of para-hydroxylation sites is 1. The lowest BCUT2D eigenvalue weighted by Crippen LogP contribution is -2.01. The third-order valence-corrected chi connectivity index (χ3v) is 3.81. The predicted molar refractivity (Wildman–Crippen MR) is 68.4 cm³/mol. The van der Waals surface area contributed by atoms with Crippen LogP contribution in [0.2, 0.25) is 0 Å². The Balaban J connectivity index is 2.15. The van der Waals surface area contributed by atoms with Crippen LogP contribution in [0.25, 0.3) is 15.8 Å². The van der Waals surface area contributed by atoms with Crippen molar-refractivity contribution in [3.8, 4) is 0 Å². The number of H-pyrrole nitrogens is 1. The summed E-state index contributed by atoms with van der Waals surface area (Å²) in [5.41, 5.74) is 2.27. The highest BCUT2D eigenvalue weighted by Gasteiger charge is 2.14. The molecule has 3 rings (SSSR count). The van der Waals surface area contributed by atoms with Gasteiger partial charge in [0.1, 0.15) is 0 Å².